The Morgan fingerprint density at radius 2 is 1.58 bits per heavy atom. The molecule has 5 heteroatoms. The van der Waals surface area contributed by atoms with Crippen LogP contribution in [0.15, 0.2) is 47.4 Å². The smallest absolute Gasteiger partial charge is 0.152 e. The first-order valence-corrected chi connectivity index (χ1v) is 6.71. The Hall–Kier alpha value is -1.62. The van der Waals surface area contributed by atoms with Gasteiger partial charge in [0.15, 0.2) is 11.6 Å². The van der Waals surface area contributed by atoms with Crippen LogP contribution in [0.3, 0.4) is 0 Å². The van der Waals surface area contributed by atoms with Crippen molar-refractivity contribution in [2.24, 2.45) is 0 Å². The fourth-order valence-electron chi connectivity index (χ4n) is 1.57. The molecule has 19 heavy (non-hydrogen) atoms. The maximum Gasteiger partial charge on any atom is 0.152 e. The lowest BCUT2D eigenvalue weighted by Gasteiger charge is -2.08. The molecule has 100 valence electrons. The Morgan fingerprint density at radius 3 is 2.21 bits per heavy atom. The van der Waals surface area contributed by atoms with E-state index in [1.165, 1.54) is 0 Å². The van der Waals surface area contributed by atoms with E-state index in [0.29, 0.717) is 24.4 Å². The molecule has 0 aliphatic heterocycles. The minimum atomic E-state index is -0.917. The fourth-order valence-corrected chi connectivity index (χ4v) is 2.36. The number of hydrogen-bond donors (Lipinski definition) is 1. The van der Waals surface area contributed by atoms with Gasteiger partial charge in [0, 0.05) is 29.3 Å². The maximum absolute atomic E-state index is 13.3. The maximum atomic E-state index is 13.3. The highest BCUT2D eigenvalue weighted by molar-refractivity contribution is 7.99. The minimum absolute atomic E-state index is 0.282. The molecule has 0 atom stereocenters. The molecule has 0 aliphatic rings. The van der Waals surface area contributed by atoms with Crippen molar-refractivity contribution in [1.82, 2.24) is 0 Å². The van der Waals surface area contributed by atoms with Gasteiger partial charge < -0.3 is 5.32 Å². The Morgan fingerprint density at radius 1 is 0.947 bits per heavy atom. The molecule has 2 aromatic rings. The molecule has 0 heterocycles. The highest BCUT2D eigenvalue weighted by atomic mass is 32.2. The molecule has 0 spiro atoms. The van der Waals surface area contributed by atoms with Crippen molar-refractivity contribution < 1.29 is 13.2 Å². The predicted molar refractivity (Wildman–Crippen MR) is 72.0 cm³/mol. The van der Waals surface area contributed by atoms with Gasteiger partial charge in [-0.25, -0.2) is 13.2 Å². The molecule has 0 unspecified atom stereocenters. The number of hydrogen-bond acceptors (Lipinski definition) is 2. The average Bonchev–Trinajstić information content (AvgIpc) is 2.38. The molecule has 0 amide bonds. The molecule has 0 aliphatic carbocycles. The Bertz CT molecular complexity index is 523. The van der Waals surface area contributed by atoms with Gasteiger partial charge in [0.1, 0.15) is 11.5 Å². The molecule has 0 radical (unpaired) electrons. The fraction of sp³-hybridized carbons (Fsp3) is 0.143. The second-order valence-electron chi connectivity index (χ2n) is 3.83. The van der Waals surface area contributed by atoms with Crippen molar-refractivity contribution in [2.45, 2.75) is 4.90 Å². The number of benzene rings is 2. The number of anilines is 1. The van der Waals surface area contributed by atoms with Crippen LogP contribution < -0.4 is 5.32 Å². The van der Waals surface area contributed by atoms with Gasteiger partial charge in [-0.05, 0) is 12.1 Å². The van der Waals surface area contributed by atoms with Crippen molar-refractivity contribution >= 4 is 17.4 Å². The van der Waals surface area contributed by atoms with Crippen molar-refractivity contribution in [3.05, 3.63) is 59.9 Å². The van der Waals surface area contributed by atoms with Crippen molar-refractivity contribution in [3.63, 3.8) is 0 Å². The summed E-state index contributed by atoms with van der Waals surface area (Å²) in [5.74, 6) is -2.09. The molecule has 1 nitrogen and oxygen atoms in total. The Labute approximate surface area is 113 Å². The second kappa shape index (κ2) is 6.52. The van der Waals surface area contributed by atoms with Crippen LogP contribution in [0.4, 0.5) is 18.9 Å². The van der Waals surface area contributed by atoms with Crippen molar-refractivity contribution in [1.29, 1.82) is 0 Å². The van der Waals surface area contributed by atoms with E-state index < -0.39 is 17.5 Å². The summed E-state index contributed by atoms with van der Waals surface area (Å²) in [5, 5.41) is 2.64. The van der Waals surface area contributed by atoms with Crippen molar-refractivity contribution in [3.8, 4) is 0 Å². The van der Waals surface area contributed by atoms with E-state index in [9.17, 15) is 13.2 Å². The zero-order valence-electron chi connectivity index (χ0n) is 10.00. The average molecular weight is 283 g/mol. The van der Waals surface area contributed by atoms with Crippen LogP contribution in [0.1, 0.15) is 0 Å². The monoisotopic (exact) mass is 283 g/mol. The van der Waals surface area contributed by atoms with Gasteiger partial charge in [-0.1, -0.05) is 18.2 Å². The summed E-state index contributed by atoms with van der Waals surface area (Å²) < 4.78 is 39.3. The van der Waals surface area contributed by atoms with Gasteiger partial charge in [-0.3, -0.25) is 0 Å². The van der Waals surface area contributed by atoms with Crippen LogP contribution in [0.2, 0.25) is 0 Å². The second-order valence-corrected chi connectivity index (χ2v) is 5.00. The first-order chi connectivity index (χ1) is 9.16. The lowest BCUT2D eigenvalue weighted by Crippen LogP contribution is -2.08. The highest BCUT2D eigenvalue weighted by Gasteiger charge is 2.10. The highest BCUT2D eigenvalue weighted by Crippen LogP contribution is 2.21. The summed E-state index contributed by atoms with van der Waals surface area (Å²) in [5.41, 5.74) is -0.282. The standard InChI is InChI=1S/C14H12F3NS/c15-10-8-12(16)14(13(17)9-10)18-6-7-19-11-4-2-1-3-5-11/h1-5,8-9,18H,6-7H2. The largest absolute Gasteiger partial charge is 0.379 e. The topological polar surface area (TPSA) is 12.0 Å². The third kappa shape index (κ3) is 3.92. The molecule has 0 aromatic heterocycles. The van der Waals surface area contributed by atoms with E-state index in [0.717, 1.165) is 4.90 Å². The number of thioether (sulfide) groups is 1. The molecule has 2 aromatic carbocycles. The zero-order valence-corrected chi connectivity index (χ0v) is 10.8. The van der Waals surface area contributed by atoms with Crippen LogP contribution in [0, 0.1) is 17.5 Å². The summed E-state index contributed by atoms with van der Waals surface area (Å²) >= 11 is 1.57. The molecular formula is C14H12F3NS. The van der Waals surface area contributed by atoms with E-state index in [-0.39, 0.29) is 5.69 Å². The van der Waals surface area contributed by atoms with E-state index in [1.54, 1.807) is 11.8 Å². The number of rotatable bonds is 5. The van der Waals surface area contributed by atoms with Crippen LogP contribution in [0.25, 0.3) is 0 Å². The van der Waals surface area contributed by atoms with E-state index in [1.807, 2.05) is 30.3 Å². The van der Waals surface area contributed by atoms with Gasteiger partial charge in [-0.2, -0.15) is 0 Å². The summed E-state index contributed by atoms with van der Waals surface area (Å²) in [4.78, 5) is 1.09. The first-order valence-electron chi connectivity index (χ1n) is 5.73. The van der Waals surface area contributed by atoms with Gasteiger partial charge in [0.25, 0.3) is 0 Å². The summed E-state index contributed by atoms with van der Waals surface area (Å²) in [6.45, 7) is 0.388. The quantitative estimate of drug-likeness (QED) is 0.648. The minimum Gasteiger partial charge on any atom is -0.379 e. The number of nitrogens with one attached hydrogen (secondary N) is 1. The number of halogens is 3. The lowest BCUT2D eigenvalue weighted by atomic mass is 10.3. The van der Waals surface area contributed by atoms with Gasteiger partial charge in [-0.15, -0.1) is 11.8 Å². The van der Waals surface area contributed by atoms with Gasteiger partial charge >= 0.3 is 0 Å². The Kier molecular flexibility index (Phi) is 4.74. The molecule has 0 saturated heterocycles. The summed E-state index contributed by atoms with van der Waals surface area (Å²) in [6.07, 6.45) is 0. The normalized spacial score (nSPS) is 10.5. The molecular weight excluding hydrogens is 271 g/mol. The van der Waals surface area contributed by atoms with Crippen LogP contribution >= 0.6 is 11.8 Å². The zero-order chi connectivity index (χ0) is 13.7. The van der Waals surface area contributed by atoms with E-state index in [2.05, 4.69) is 5.32 Å². The van der Waals surface area contributed by atoms with E-state index in [4.69, 9.17) is 0 Å². The third-order valence-corrected chi connectivity index (χ3v) is 3.44. The van der Waals surface area contributed by atoms with Crippen LogP contribution in [-0.2, 0) is 0 Å². The summed E-state index contributed by atoms with van der Waals surface area (Å²) in [6, 6.07) is 11.0. The molecule has 1 N–H and O–H groups in total. The van der Waals surface area contributed by atoms with Crippen molar-refractivity contribution in [2.75, 3.05) is 17.6 Å². The molecule has 0 saturated carbocycles. The predicted octanol–water partition coefficient (Wildman–Crippen LogP) is 4.31. The molecule has 2 rings (SSSR count). The first kappa shape index (κ1) is 13.8. The third-order valence-electron chi connectivity index (χ3n) is 2.42. The van der Waals surface area contributed by atoms with Crippen LogP contribution in [0.5, 0.6) is 0 Å². The SMILES string of the molecule is Fc1cc(F)c(NCCSc2ccccc2)c(F)c1. The van der Waals surface area contributed by atoms with Gasteiger partial charge in [0.2, 0.25) is 0 Å². The lowest BCUT2D eigenvalue weighted by molar-refractivity contribution is 0.547. The van der Waals surface area contributed by atoms with Gasteiger partial charge in [0.05, 0.1) is 0 Å². The Balaban J connectivity index is 1.86. The molecule has 0 fully saturated rings. The van der Waals surface area contributed by atoms with Crippen LogP contribution in [-0.4, -0.2) is 12.3 Å². The molecule has 0 bridgehead atoms. The summed E-state index contributed by atoms with van der Waals surface area (Å²) in [7, 11) is 0. The van der Waals surface area contributed by atoms with E-state index >= 15 is 0 Å².